The molecule has 1 N–H and O–H groups in total. The molecule has 0 saturated heterocycles. The Hall–Kier alpha value is -2.17. The number of nitrogens with one attached hydrogen (secondary N) is 1. The van der Waals surface area contributed by atoms with Crippen molar-refractivity contribution in [2.75, 3.05) is 24.3 Å². The first-order valence-electron chi connectivity index (χ1n) is 5.64. The third kappa shape index (κ3) is 2.94. The molecule has 0 amide bonds. The zero-order valence-electron chi connectivity index (χ0n) is 10.4. The summed E-state index contributed by atoms with van der Waals surface area (Å²) in [4.78, 5) is 10.4. The van der Waals surface area contributed by atoms with Gasteiger partial charge >= 0.3 is 0 Å². The number of rotatable bonds is 4. The van der Waals surface area contributed by atoms with Gasteiger partial charge in [0.1, 0.15) is 17.5 Å². The predicted octanol–water partition coefficient (Wildman–Crippen LogP) is 2.29. The van der Waals surface area contributed by atoms with E-state index in [9.17, 15) is 4.39 Å². The lowest BCUT2D eigenvalue weighted by Gasteiger charge is -2.18. The van der Waals surface area contributed by atoms with Gasteiger partial charge in [-0.25, -0.2) is 9.37 Å². The van der Waals surface area contributed by atoms with Crippen LogP contribution in [0, 0.1) is 5.82 Å². The minimum absolute atomic E-state index is 0.224. The van der Waals surface area contributed by atoms with Crippen LogP contribution in [0.4, 0.5) is 16.0 Å². The molecule has 2 rings (SSSR count). The molecule has 0 aliphatic heterocycles. The zero-order valence-corrected chi connectivity index (χ0v) is 10.4. The summed E-state index contributed by atoms with van der Waals surface area (Å²) in [6.07, 6.45) is 3.36. The third-order valence-electron chi connectivity index (χ3n) is 2.60. The van der Waals surface area contributed by atoms with Crippen molar-refractivity contribution < 1.29 is 4.39 Å². The highest BCUT2D eigenvalue weighted by Crippen LogP contribution is 2.14. The van der Waals surface area contributed by atoms with Gasteiger partial charge in [0.25, 0.3) is 0 Å². The number of hydrogen-bond acceptors (Lipinski definition) is 4. The Morgan fingerprint density at radius 1 is 1.22 bits per heavy atom. The Morgan fingerprint density at radius 2 is 1.94 bits per heavy atom. The van der Waals surface area contributed by atoms with Crippen molar-refractivity contribution in [3.8, 4) is 0 Å². The van der Waals surface area contributed by atoms with E-state index in [1.807, 2.05) is 11.9 Å². The average molecular weight is 246 g/mol. The largest absolute Gasteiger partial charge is 0.372 e. The second-order valence-electron chi connectivity index (χ2n) is 4.00. The molecule has 5 heteroatoms. The second-order valence-corrected chi connectivity index (χ2v) is 4.00. The van der Waals surface area contributed by atoms with Gasteiger partial charge < -0.3 is 10.2 Å². The molecule has 0 saturated carbocycles. The van der Waals surface area contributed by atoms with Crippen LogP contribution in [0.25, 0.3) is 0 Å². The molecule has 0 bridgehead atoms. The van der Waals surface area contributed by atoms with Crippen molar-refractivity contribution in [1.29, 1.82) is 0 Å². The molecule has 1 aromatic heterocycles. The fourth-order valence-electron chi connectivity index (χ4n) is 1.60. The highest BCUT2D eigenvalue weighted by Gasteiger charge is 2.05. The standard InChI is InChI=1S/C13H15FN4/c1-15-12-7-16-8-13(17-12)18(2)9-10-3-5-11(14)6-4-10/h3-8H,9H2,1-2H3,(H,15,17). The minimum atomic E-state index is -0.224. The van der Waals surface area contributed by atoms with Crippen LogP contribution in [-0.2, 0) is 6.54 Å². The lowest BCUT2D eigenvalue weighted by Crippen LogP contribution is -2.18. The average Bonchev–Trinajstić information content (AvgIpc) is 2.41. The van der Waals surface area contributed by atoms with Crippen LogP contribution in [0.1, 0.15) is 5.56 Å². The summed E-state index contributed by atoms with van der Waals surface area (Å²) in [5, 5.41) is 2.94. The lowest BCUT2D eigenvalue weighted by molar-refractivity contribution is 0.627. The molecule has 18 heavy (non-hydrogen) atoms. The topological polar surface area (TPSA) is 41.1 Å². The van der Waals surface area contributed by atoms with Crippen LogP contribution < -0.4 is 10.2 Å². The predicted molar refractivity (Wildman–Crippen MR) is 70.1 cm³/mol. The quantitative estimate of drug-likeness (QED) is 0.898. The van der Waals surface area contributed by atoms with Crippen LogP contribution in [0.5, 0.6) is 0 Å². The Labute approximate surface area is 105 Å². The molecule has 0 atom stereocenters. The van der Waals surface area contributed by atoms with Crippen molar-refractivity contribution in [3.63, 3.8) is 0 Å². The third-order valence-corrected chi connectivity index (χ3v) is 2.60. The van der Waals surface area contributed by atoms with Gasteiger partial charge in [-0.1, -0.05) is 12.1 Å². The van der Waals surface area contributed by atoms with E-state index >= 15 is 0 Å². The van der Waals surface area contributed by atoms with Crippen LogP contribution in [0.15, 0.2) is 36.7 Å². The van der Waals surface area contributed by atoms with E-state index in [0.29, 0.717) is 6.54 Å². The lowest BCUT2D eigenvalue weighted by atomic mass is 10.2. The molecule has 4 nitrogen and oxygen atoms in total. The summed E-state index contributed by atoms with van der Waals surface area (Å²) in [6, 6.07) is 6.44. The second kappa shape index (κ2) is 5.44. The molecule has 0 radical (unpaired) electrons. The summed E-state index contributed by atoms with van der Waals surface area (Å²) in [5.41, 5.74) is 1.02. The number of nitrogens with zero attached hydrogens (tertiary/aromatic N) is 3. The molecule has 0 unspecified atom stereocenters. The molecule has 2 aromatic rings. The summed E-state index contributed by atoms with van der Waals surface area (Å²) >= 11 is 0. The summed E-state index contributed by atoms with van der Waals surface area (Å²) in [6.45, 7) is 0.655. The van der Waals surface area contributed by atoms with E-state index in [1.54, 1.807) is 31.6 Å². The van der Waals surface area contributed by atoms with Crippen LogP contribution in [0.2, 0.25) is 0 Å². The van der Waals surface area contributed by atoms with Crippen molar-refractivity contribution in [1.82, 2.24) is 9.97 Å². The first-order chi connectivity index (χ1) is 8.69. The van der Waals surface area contributed by atoms with Gasteiger partial charge in [-0.2, -0.15) is 0 Å². The highest BCUT2D eigenvalue weighted by molar-refractivity contribution is 5.43. The first-order valence-corrected chi connectivity index (χ1v) is 5.64. The number of benzene rings is 1. The Morgan fingerprint density at radius 3 is 2.61 bits per heavy atom. The van der Waals surface area contributed by atoms with Crippen LogP contribution in [0.3, 0.4) is 0 Å². The fourth-order valence-corrected chi connectivity index (χ4v) is 1.60. The molecule has 0 aliphatic carbocycles. The molecule has 0 spiro atoms. The molecular formula is C13H15FN4. The maximum absolute atomic E-state index is 12.8. The van der Waals surface area contributed by atoms with Gasteiger partial charge in [-0.15, -0.1) is 0 Å². The normalized spacial score (nSPS) is 10.2. The van der Waals surface area contributed by atoms with E-state index in [-0.39, 0.29) is 5.82 Å². The van der Waals surface area contributed by atoms with Crippen molar-refractivity contribution >= 4 is 11.6 Å². The van der Waals surface area contributed by atoms with Gasteiger partial charge in [0.15, 0.2) is 0 Å². The smallest absolute Gasteiger partial charge is 0.149 e. The minimum Gasteiger partial charge on any atom is -0.372 e. The van der Waals surface area contributed by atoms with E-state index < -0.39 is 0 Å². The maximum atomic E-state index is 12.8. The number of hydrogen-bond donors (Lipinski definition) is 1. The number of aromatic nitrogens is 2. The monoisotopic (exact) mass is 246 g/mol. The molecule has 0 fully saturated rings. The first kappa shape index (κ1) is 12.3. The van der Waals surface area contributed by atoms with Crippen molar-refractivity contribution in [2.24, 2.45) is 0 Å². The zero-order chi connectivity index (χ0) is 13.0. The van der Waals surface area contributed by atoms with E-state index in [0.717, 1.165) is 17.2 Å². The van der Waals surface area contributed by atoms with Gasteiger partial charge in [0.05, 0.1) is 12.4 Å². The SMILES string of the molecule is CNc1cncc(N(C)Cc2ccc(F)cc2)n1. The van der Waals surface area contributed by atoms with Crippen LogP contribution >= 0.6 is 0 Å². The molecule has 0 aliphatic rings. The summed E-state index contributed by atoms with van der Waals surface area (Å²) in [7, 11) is 3.72. The van der Waals surface area contributed by atoms with Crippen LogP contribution in [-0.4, -0.2) is 24.1 Å². The van der Waals surface area contributed by atoms with E-state index in [4.69, 9.17) is 0 Å². The fraction of sp³-hybridized carbons (Fsp3) is 0.231. The van der Waals surface area contributed by atoms with Gasteiger partial charge in [-0.3, -0.25) is 4.98 Å². The van der Waals surface area contributed by atoms with Crippen molar-refractivity contribution in [2.45, 2.75) is 6.54 Å². The molecule has 1 heterocycles. The maximum Gasteiger partial charge on any atom is 0.149 e. The highest BCUT2D eigenvalue weighted by atomic mass is 19.1. The van der Waals surface area contributed by atoms with Gasteiger partial charge in [0.2, 0.25) is 0 Å². The van der Waals surface area contributed by atoms with E-state index in [2.05, 4.69) is 15.3 Å². The number of anilines is 2. The van der Waals surface area contributed by atoms with E-state index in [1.165, 1.54) is 12.1 Å². The molecule has 1 aromatic carbocycles. The number of halogens is 1. The summed E-state index contributed by atoms with van der Waals surface area (Å²) < 4.78 is 12.8. The van der Waals surface area contributed by atoms with Gasteiger partial charge in [-0.05, 0) is 17.7 Å². The molecular weight excluding hydrogens is 231 g/mol. The Kier molecular flexibility index (Phi) is 3.72. The van der Waals surface area contributed by atoms with Crippen molar-refractivity contribution in [3.05, 3.63) is 48.0 Å². The summed E-state index contributed by atoms with van der Waals surface area (Å²) in [5.74, 6) is 1.27. The Balaban J connectivity index is 2.11. The Bertz CT molecular complexity index is 513. The van der Waals surface area contributed by atoms with Gasteiger partial charge in [0, 0.05) is 20.6 Å². The molecule has 94 valence electrons.